The van der Waals surface area contributed by atoms with Crippen LogP contribution in [0.1, 0.15) is 39.5 Å². The fraction of sp³-hybridized carbons (Fsp3) is 0.308. The van der Waals surface area contributed by atoms with Gasteiger partial charge >= 0.3 is 0 Å². The highest BCUT2D eigenvalue weighted by Gasteiger charge is 2.36. The molecule has 5 nitrogen and oxygen atoms in total. The Balaban J connectivity index is 1.26. The largest absolute Gasteiger partial charge is 0.489 e. The number of benzene rings is 2. The molecular weight excluding hydrogens is 388 g/mol. The lowest BCUT2D eigenvalue weighted by molar-refractivity contribution is 0.0594. The van der Waals surface area contributed by atoms with Gasteiger partial charge in [0.1, 0.15) is 12.4 Å². The Bertz CT molecular complexity index is 1170. The van der Waals surface area contributed by atoms with Gasteiger partial charge in [0, 0.05) is 42.9 Å². The van der Waals surface area contributed by atoms with Crippen LogP contribution >= 0.6 is 0 Å². The molecule has 0 N–H and O–H groups in total. The van der Waals surface area contributed by atoms with E-state index in [1.807, 2.05) is 77.1 Å². The van der Waals surface area contributed by atoms with Crippen molar-refractivity contribution in [1.82, 2.24) is 9.47 Å². The van der Waals surface area contributed by atoms with Crippen LogP contribution < -0.4 is 10.3 Å². The van der Waals surface area contributed by atoms with Crippen LogP contribution in [0.15, 0.2) is 71.5 Å². The Hall–Kier alpha value is -3.34. The lowest BCUT2D eigenvalue weighted by Crippen LogP contribution is -2.49. The maximum absolute atomic E-state index is 13.2. The fourth-order valence-corrected chi connectivity index (χ4v) is 4.86. The summed E-state index contributed by atoms with van der Waals surface area (Å²) in [6.07, 6.45) is 1.04. The summed E-state index contributed by atoms with van der Waals surface area (Å²) in [5.74, 6) is 1.47. The first-order valence-corrected chi connectivity index (χ1v) is 10.8. The number of amides is 1. The van der Waals surface area contributed by atoms with Crippen LogP contribution in [-0.4, -0.2) is 28.5 Å². The van der Waals surface area contributed by atoms with Gasteiger partial charge in [-0.2, -0.15) is 0 Å². The summed E-state index contributed by atoms with van der Waals surface area (Å²) in [7, 11) is 0. The van der Waals surface area contributed by atoms with E-state index in [0.717, 1.165) is 29.0 Å². The van der Waals surface area contributed by atoms with Gasteiger partial charge in [-0.05, 0) is 60.7 Å². The molecule has 1 fully saturated rings. The van der Waals surface area contributed by atoms with Gasteiger partial charge in [0.15, 0.2) is 0 Å². The highest BCUT2D eigenvalue weighted by molar-refractivity contribution is 5.94. The van der Waals surface area contributed by atoms with Crippen LogP contribution in [0, 0.1) is 12.8 Å². The van der Waals surface area contributed by atoms with E-state index in [-0.39, 0.29) is 17.4 Å². The number of carbonyl (C=O) groups excluding carboxylic acids is 1. The van der Waals surface area contributed by atoms with Crippen molar-refractivity contribution in [3.8, 4) is 5.75 Å². The molecule has 0 saturated carbocycles. The topological polar surface area (TPSA) is 51.5 Å². The lowest BCUT2D eigenvalue weighted by Gasteiger charge is -2.42. The van der Waals surface area contributed by atoms with E-state index in [9.17, 15) is 9.59 Å². The van der Waals surface area contributed by atoms with Crippen molar-refractivity contribution in [1.29, 1.82) is 0 Å². The predicted molar refractivity (Wildman–Crippen MR) is 119 cm³/mol. The van der Waals surface area contributed by atoms with Gasteiger partial charge in [-0.1, -0.05) is 30.3 Å². The van der Waals surface area contributed by atoms with Gasteiger partial charge in [-0.3, -0.25) is 9.59 Å². The summed E-state index contributed by atoms with van der Waals surface area (Å²) in [6.45, 7) is 4.58. The molecule has 31 heavy (non-hydrogen) atoms. The Morgan fingerprint density at radius 1 is 1.00 bits per heavy atom. The molecule has 2 aromatic carbocycles. The van der Waals surface area contributed by atoms with Gasteiger partial charge in [-0.25, -0.2) is 0 Å². The van der Waals surface area contributed by atoms with E-state index in [2.05, 4.69) is 0 Å². The summed E-state index contributed by atoms with van der Waals surface area (Å²) in [4.78, 5) is 27.3. The molecule has 0 spiro atoms. The van der Waals surface area contributed by atoms with E-state index in [1.165, 1.54) is 0 Å². The minimum atomic E-state index is 0.0626. The zero-order valence-electron chi connectivity index (χ0n) is 17.7. The molecule has 2 unspecified atom stereocenters. The van der Waals surface area contributed by atoms with Gasteiger partial charge in [0.25, 0.3) is 11.5 Å². The van der Waals surface area contributed by atoms with Crippen LogP contribution in [0.4, 0.5) is 0 Å². The summed E-state index contributed by atoms with van der Waals surface area (Å²) in [5, 5.41) is 0. The molecule has 2 aliphatic heterocycles. The molecule has 158 valence electrons. The third-order valence-corrected chi connectivity index (χ3v) is 6.36. The van der Waals surface area contributed by atoms with E-state index in [1.54, 1.807) is 6.07 Å². The van der Waals surface area contributed by atoms with E-state index in [0.29, 0.717) is 37.7 Å². The Morgan fingerprint density at radius 3 is 2.61 bits per heavy atom. The number of aromatic nitrogens is 1. The highest BCUT2D eigenvalue weighted by Crippen LogP contribution is 2.35. The molecule has 1 amide bonds. The van der Waals surface area contributed by atoms with Crippen molar-refractivity contribution in [3.63, 3.8) is 0 Å². The first-order chi connectivity index (χ1) is 15.1. The fourth-order valence-electron chi connectivity index (χ4n) is 4.86. The predicted octanol–water partition coefficient (Wildman–Crippen LogP) is 4.00. The number of ether oxygens (including phenoxy) is 1. The molecule has 3 aromatic rings. The van der Waals surface area contributed by atoms with Crippen molar-refractivity contribution in [3.05, 3.63) is 99.5 Å². The number of pyridine rings is 1. The molecule has 2 atom stereocenters. The molecule has 2 aliphatic rings. The van der Waals surface area contributed by atoms with Gasteiger partial charge in [0.2, 0.25) is 0 Å². The quantitative estimate of drug-likeness (QED) is 0.649. The van der Waals surface area contributed by atoms with Gasteiger partial charge in [-0.15, -0.1) is 0 Å². The Kier molecular flexibility index (Phi) is 5.10. The Labute approximate surface area is 181 Å². The second-order valence-corrected chi connectivity index (χ2v) is 8.71. The minimum Gasteiger partial charge on any atom is -0.489 e. The van der Waals surface area contributed by atoms with Crippen LogP contribution in [0.5, 0.6) is 5.75 Å². The van der Waals surface area contributed by atoms with E-state index in [4.69, 9.17) is 4.74 Å². The normalized spacial score (nSPS) is 19.6. The maximum atomic E-state index is 13.2. The molecule has 3 heterocycles. The van der Waals surface area contributed by atoms with E-state index >= 15 is 0 Å². The average Bonchev–Trinajstić information content (AvgIpc) is 2.78. The number of hydrogen-bond donors (Lipinski definition) is 0. The van der Waals surface area contributed by atoms with Gasteiger partial charge in [0.05, 0.1) is 0 Å². The van der Waals surface area contributed by atoms with Crippen molar-refractivity contribution in [2.24, 2.45) is 5.92 Å². The number of carbonyl (C=O) groups is 1. The standard InChI is InChI=1S/C26H26N2O3/c1-18-4-2-5-23(12-18)31-17-19-8-10-21(11-9-19)26(30)27-14-20-13-22(16-27)24-6-3-7-25(29)28(24)15-20/h2-12,20,22H,13-17H2,1H3. The number of hydrogen-bond acceptors (Lipinski definition) is 3. The number of piperidine rings is 1. The molecule has 1 saturated heterocycles. The first-order valence-electron chi connectivity index (χ1n) is 10.8. The lowest BCUT2D eigenvalue weighted by atomic mass is 9.83. The first kappa shape index (κ1) is 19.6. The second kappa shape index (κ2) is 8.06. The number of likely N-dealkylation sites (tertiary alicyclic amines) is 1. The SMILES string of the molecule is Cc1cccc(OCc2ccc(C(=O)N3CC4CC(C3)c3cccc(=O)n3C4)cc2)c1. The number of fused-ring (bicyclic) bond motifs is 4. The van der Waals surface area contributed by atoms with Crippen LogP contribution in [-0.2, 0) is 13.2 Å². The van der Waals surface area contributed by atoms with Crippen LogP contribution in [0.3, 0.4) is 0 Å². The molecule has 1 aromatic heterocycles. The summed E-state index contributed by atoms with van der Waals surface area (Å²) >= 11 is 0. The third-order valence-electron chi connectivity index (χ3n) is 6.36. The zero-order valence-corrected chi connectivity index (χ0v) is 17.7. The number of nitrogens with zero attached hydrogens (tertiary/aromatic N) is 2. The molecule has 5 rings (SSSR count). The maximum Gasteiger partial charge on any atom is 0.253 e. The summed E-state index contributed by atoms with van der Waals surface area (Å²) in [5.41, 5.74) is 4.02. The van der Waals surface area contributed by atoms with Crippen LogP contribution in [0.25, 0.3) is 0 Å². The molecule has 0 radical (unpaired) electrons. The summed E-state index contributed by atoms with van der Waals surface area (Å²) in [6, 6.07) is 21.2. The smallest absolute Gasteiger partial charge is 0.253 e. The molecule has 0 aliphatic carbocycles. The van der Waals surface area contributed by atoms with Crippen molar-refractivity contribution in [2.45, 2.75) is 32.4 Å². The van der Waals surface area contributed by atoms with Crippen molar-refractivity contribution < 1.29 is 9.53 Å². The van der Waals surface area contributed by atoms with E-state index < -0.39 is 0 Å². The monoisotopic (exact) mass is 414 g/mol. The molecular formula is C26H26N2O3. The Morgan fingerprint density at radius 2 is 1.81 bits per heavy atom. The highest BCUT2D eigenvalue weighted by atomic mass is 16.5. The number of aryl methyl sites for hydroxylation is 1. The zero-order chi connectivity index (χ0) is 21.4. The van der Waals surface area contributed by atoms with Crippen molar-refractivity contribution in [2.75, 3.05) is 13.1 Å². The van der Waals surface area contributed by atoms with Crippen LogP contribution in [0.2, 0.25) is 0 Å². The number of rotatable bonds is 4. The third kappa shape index (κ3) is 4.00. The average molecular weight is 415 g/mol. The minimum absolute atomic E-state index is 0.0626. The van der Waals surface area contributed by atoms with Crippen molar-refractivity contribution >= 4 is 5.91 Å². The molecule has 2 bridgehead atoms. The molecule has 5 heteroatoms. The second-order valence-electron chi connectivity index (χ2n) is 8.71. The van der Waals surface area contributed by atoms with Gasteiger partial charge < -0.3 is 14.2 Å². The summed E-state index contributed by atoms with van der Waals surface area (Å²) < 4.78 is 7.75.